The van der Waals surface area contributed by atoms with Crippen molar-refractivity contribution in [2.45, 2.75) is 26.3 Å². The molecule has 0 aromatic carbocycles. The fourth-order valence-corrected chi connectivity index (χ4v) is 1.21. The molecule has 0 aromatic heterocycles. The van der Waals surface area contributed by atoms with E-state index in [1.54, 1.807) is 6.08 Å². The Morgan fingerprint density at radius 2 is 2.00 bits per heavy atom. The Labute approximate surface area is 74.5 Å². The predicted molar refractivity (Wildman–Crippen MR) is 49.9 cm³/mol. The first-order valence-electron chi connectivity index (χ1n) is 4.28. The summed E-state index contributed by atoms with van der Waals surface area (Å²) in [5.74, 6) is 0.576. The lowest BCUT2D eigenvalue weighted by atomic mass is 10.0. The van der Waals surface area contributed by atoms with E-state index in [0.29, 0.717) is 5.92 Å². The summed E-state index contributed by atoms with van der Waals surface area (Å²) in [5.41, 5.74) is 0. The minimum Gasteiger partial charge on any atom is -0.307 e. The maximum Gasteiger partial charge on any atom is 0.235 e. The average Bonchev–Trinajstić information content (AvgIpc) is 1.84. The van der Waals surface area contributed by atoms with Crippen molar-refractivity contribution in [3.8, 4) is 0 Å². The third kappa shape index (κ3) is 6.08. The van der Waals surface area contributed by atoms with Crippen LogP contribution in [-0.4, -0.2) is 37.7 Å². The molecule has 0 aromatic rings. The van der Waals surface area contributed by atoms with E-state index in [2.05, 4.69) is 18.8 Å². The molecule has 0 radical (unpaired) electrons. The number of carbonyl (C=O) groups excluding carboxylic acids is 1. The molecule has 0 N–H and O–H groups in total. The van der Waals surface area contributed by atoms with Crippen LogP contribution in [0.4, 0.5) is 0 Å². The van der Waals surface area contributed by atoms with Crippen molar-refractivity contribution in [3.05, 3.63) is 0 Å². The second-order valence-electron chi connectivity index (χ2n) is 3.77. The highest BCUT2D eigenvalue weighted by Gasteiger charge is 2.09. The van der Waals surface area contributed by atoms with Gasteiger partial charge in [-0.3, -0.25) is 0 Å². The quantitative estimate of drug-likeness (QED) is 0.460. The van der Waals surface area contributed by atoms with Gasteiger partial charge in [0.25, 0.3) is 0 Å². The third-order valence-electron chi connectivity index (χ3n) is 1.55. The summed E-state index contributed by atoms with van der Waals surface area (Å²) >= 11 is 0. The van der Waals surface area contributed by atoms with Crippen LogP contribution >= 0.6 is 0 Å². The summed E-state index contributed by atoms with van der Waals surface area (Å²) in [6.07, 6.45) is 2.58. The minimum absolute atomic E-state index is 0.109. The molecule has 0 aliphatic rings. The van der Waals surface area contributed by atoms with Crippen molar-refractivity contribution >= 4 is 6.08 Å². The molecule has 0 spiro atoms. The predicted octanol–water partition coefficient (Wildman–Crippen LogP) is 1.30. The van der Waals surface area contributed by atoms with E-state index in [1.807, 2.05) is 19.0 Å². The van der Waals surface area contributed by atoms with Crippen molar-refractivity contribution in [2.75, 3.05) is 20.6 Å². The molecule has 1 atom stereocenters. The molecular weight excluding hydrogens is 152 g/mol. The smallest absolute Gasteiger partial charge is 0.235 e. The zero-order valence-corrected chi connectivity index (χ0v) is 8.37. The van der Waals surface area contributed by atoms with Gasteiger partial charge in [-0.25, -0.2) is 9.79 Å². The molecule has 0 saturated heterocycles. The van der Waals surface area contributed by atoms with Gasteiger partial charge in [-0.15, -0.1) is 0 Å². The molecule has 3 nitrogen and oxygen atoms in total. The Bertz CT molecular complexity index is 150. The van der Waals surface area contributed by atoms with Gasteiger partial charge in [0.2, 0.25) is 6.08 Å². The number of isocyanates is 1. The molecule has 0 aliphatic heterocycles. The van der Waals surface area contributed by atoms with Gasteiger partial charge in [0.1, 0.15) is 0 Å². The van der Waals surface area contributed by atoms with Crippen molar-refractivity contribution in [3.63, 3.8) is 0 Å². The normalized spacial score (nSPS) is 13.2. The van der Waals surface area contributed by atoms with Gasteiger partial charge in [-0.05, 0) is 26.4 Å². The Morgan fingerprint density at radius 1 is 1.42 bits per heavy atom. The lowest BCUT2D eigenvalue weighted by Gasteiger charge is -2.17. The standard InChI is InChI=1S/C9H18N2O/c1-8(2)5-9(10-7-12)6-11(3)4/h8-9H,5-6H2,1-4H3. The maximum atomic E-state index is 10.1. The number of hydrogen-bond acceptors (Lipinski definition) is 3. The van der Waals surface area contributed by atoms with E-state index < -0.39 is 0 Å². The molecule has 70 valence electrons. The summed E-state index contributed by atoms with van der Waals surface area (Å²) in [6.45, 7) is 5.08. The van der Waals surface area contributed by atoms with Gasteiger partial charge in [0.05, 0.1) is 6.04 Å². The number of likely N-dealkylation sites (N-methyl/N-ethyl adjacent to an activating group) is 1. The molecule has 0 saturated carbocycles. The fourth-order valence-electron chi connectivity index (χ4n) is 1.21. The highest BCUT2D eigenvalue weighted by Crippen LogP contribution is 2.07. The lowest BCUT2D eigenvalue weighted by Crippen LogP contribution is -2.25. The second-order valence-corrected chi connectivity index (χ2v) is 3.77. The van der Waals surface area contributed by atoms with Gasteiger partial charge < -0.3 is 4.90 Å². The van der Waals surface area contributed by atoms with Gasteiger partial charge in [0.15, 0.2) is 0 Å². The zero-order valence-electron chi connectivity index (χ0n) is 8.37. The third-order valence-corrected chi connectivity index (χ3v) is 1.55. The van der Waals surface area contributed by atoms with E-state index >= 15 is 0 Å². The Balaban J connectivity index is 3.95. The summed E-state index contributed by atoms with van der Waals surface area (Å²) in [7, 11) is 3.96. The monoisotopic (exact) mass is 170 g/mol. The molecule has 12 heavy (non-hydrogen) atoms. The van der Waals surface area contributed by atoms with Crippen molar-refractivity contribution in [1.29, 1.82) is 0 Å². The van der Waals surface area contributed by atoms with Gasteiger partial charge in [-0.1, -0.05) is 13.8 Å². The van der Waals surface area contributed by atoms with Crippen molar-refractivity contribution < 1.29 is 4.79 Å². The maximum absolute atomic E-state index is 10.1. The van der Waals surface area contributed by atoms with Crippen LogP contribution in [0.25, 0.3) is 0 Å². The first-order chi connectivity index (χ1) is 5.56. The van der Waals surface area contributed by atoms with Crippen molar-refractivity contribution in [2.24, 2.45) is 10.9 Å². The summed E-state index contributed by atoms with van der Waals surface area (Å²) in [6, 6.07) is 0.109. The molecule has 0 bridgehead atoms. The van der Waals surface area contributed by atoms with Crippen LogP contribution in [0, 0.1) is 5.92 Å². The van der Waals surface area contributed by atoms with Crippen LogP contribution in [0.3, 0.4) is 0 Å². The van der Waals surface area contributed by atoms with Gasteiger partial charge in [-0.2, -0.15) is 0 Å². The van der Waals surface area contributed by atoms with Crippen LogP contribution in [-0.2, 0) is 4.79 Å². The molecular formula is C9H18N2O. The van der Waals surface area contributed by atoms with Crippen LogP contribution in [0.1, 0.15) is 20.3 Å². The average molecular weight is 170 g/mol. The second kappa shape index (κ2) is 5.92. The van der Waals surface area contributed by atoms with E-state index in [9.17, 15) is 4.79 Å². The Kier molecular flexibility index (Phi) is 5.60. The van der Waals surface area contributed by atoms with E-state index in [0.717, 1.165) is 13.0 Å². The Hall–Kier alpha value is -0.660. The Morgan fingerprint density at radius 3 is 2.33 bits per heavy atom. The SMILES string of the molecule is CC(C)CC(CN(C)C)N=C=O. The molecule has 0 aliphatic carbocycles. The van der Waals surface area contributed by atoms with Crippen LogP contribution < -0.4 is 0 Å². The molecule has 1 unspecified atom stereocenters. The van der Waals surface area contributed by atoms with Gasteiger partial charge >= 0.3 is 0 Å². The van der Waals surface area contributed by atoms with Gasteiger partial charge in [0, 0.05) is 6.54 Å². The topological polar surface area (TPSA) is 32.7 Å². The summed E-state index contributed by atoms with van der Waals surface area (Å²) in [5, 5.41) is 0. The number of nitrogens with zero attached hydrogens (tertiary/aromatic N) is 2. The number of hydrogen-bond donors (Lipinski definition) is 0. The van der Waals surface area contributed by atoms with Crippen LogP contribution in [0.5, 0.6) is 0 Å². The lowest BCUT2D eigenvalue weighted by molar-refractivity contribution is 0.344. The summed E-state index contributed by atoms with van der Waals surface area (Å²) in [4.78, 5) is 15.9. The van der Waals surface area contributed by atoms with Crippen LogP contribution in [0.15, 0.2) is 4.99 Å². The molecule has 3 heteroatoms. The van der Waals surface area contributed by atoms with Crippen molar-refractivity contribution in [1.82, 2.24) is 4.90 Å². The zero-order chi connectivity index (χ0) is 9.56. The first-order valence-corrected chi connectivity index (χ1v) is 4.28. The number of rotatable bonds is 5. The first kappa shape index (κ1) is 11.3. The molecule has 0 rings (SSSR count). The van der Waals surface area contributed by atoms with Crippen LogP contribution in [0.2, 0.25) is 0 Å². The largest absolute Gasteiger partial charge is 0.307 e. The van der Waals surface area contributed by atoms with E-state index in [1.165, 1.54) is 0 Å². The fraction of sp³-hybridized carbons (Fsp3) is 0.889. The molecule has 0 heterocycles. The van der Waals surface area contributed by atoms with E-state index in [4.69, 9.17) is 0 Å². The molecule has 0 amide bonds. The van der Waals surface area contributed by atoms with E-state index in [-0.39, 0.29) is 6.04 Å². The minimum atomic E-state index is 0.109. The number of aliphatic imine (C=N–C) groups is 1. The molecule has 0 fully saturated rings. The summed E-state index contributed by atoms with van der Waals surface area (Å²) < 4.78 is 0. The highest BCUT2D eigenvalue weighted by molar-refractivity contribution is 5.33. The highest BCUT2D eigenvalue weighted by atomic mass is 16.1.